The van der Waals surface area contributed by atoms with Crippen LogP contribution < -0.4 is 5.32 Å². The summed E-state index contributed by atoms with van der Waals surface area (Å²) in [5.41, 5.74) is 1.38. The number of aromatic amines is 1. The van der Waals surface area contributed by atoms with E-state index < -0.39 is 11.6 Å². The summed E-state index contributed by atoms with van der Waals surface area (Å²) in [5.74, 6) is -0.111. The lowest BCUT2D eigenvalue weighted by Crippen LogP contribution is -2.65. The van der Waals surface area contributed by atoms with Crippen LogP contribution in [0.5, 0.6) is 0 Å². The fourth-order valence-electron chi connectivity index (χ4n) is 4.31. The van der Waals surface area contributed by atoms with Gasteiger partial charge in [-0.25, -0.2) is 0 Å². The number of nitrogens with zero attached hydrogens (tertiary/aromatic N) is 2. The average molecular weight is 379 g/mol. The third-order valence-electron chi connectivity index (χ3n) is 5.99. The molecule has 0 bridgehead atoms. The minimum absolute atomic E-state index is 0.0473. The van der Waals surface area contributed by atoms with Crippen LogP contribution in [-0.4, -0.2) is 63.1 Å². The lowest BCUT2D eigenvalue weighted by Gasteiger charge is -2.52. The Hall–Kier alpha value is -1.44. The van der Waals surface area contributed by atoms with Gasteiger partial charge in [-0.05, 0) is 25.8 Å². The molecule has 3 rings (SSSR count). The number of hydrogen-bond donors (Lipinski definition) is 3. The van der Waals surface area contributed by atoms with Crippen LogP contribution in [0.25, 0.3) is 0 Å². The van der Waals surface area contributed by atoms with Gasteiger partial charge in [0.1, 0.15) is 6.10 Å². The van der Waals surface area contributed by atoms with Crippen LogP contribution >= 0.6 is 0 Å². The maximum Gasteiger partial charge on any atom is 0.217 e. The first kappa shape index (κ1) is 20.3. The molecule has 1 aromatic heterocycles. The molecular formula is C20H34N4O3. The van der Waals surface area contributed by atoms with E-state index in [0.717, 1.165) is 43.9 Å². The number of aliphatic hydroxyl groups excluding tert-OH is 1. The fourth-order valence-corrected chi connectivity index (χ4v) is 4.31. The fraction of sp³-hybridized carbons (Fsp3) is 0.800. The van der Waals surface area contributed by atoms with Crippen LogP contribution in [0.1, 0.15) is 65.3 Å². The smallest absolute Gasteiger partial charge is 0.217 e. The van der Waals surface area contributed by atoms with Crippen LogP contribution in [0, 0.1) is 0 Å². The molecule has 2 saturated heterocycles. The van der Waals surface area contributed by atoms with Crippen molar-refractivity contribution in [1.29, 1.82) is 0 Å². The largest absolute Gasteiger partial charge is 0.388 e. The monoisotopic (exact) mass is 378 g/mol. The van der Waals surface area contributed by atoms with E-state index in [2.05, 4.69) is 47.3 Å². The van der Waals surface area contributed by atoms with Crippen molar-refractivity contribution in [3.8, 4) is 0 Å². The zero-order chi connectivity index (χ0) is 19.9. The Kier molecular flexibility index (Phi) is 5.40. The average Bonchev–Trinajstić information content (AvgIpc) is 3.02. The van der Waals surface area contributed by atoms with Crippen LogP contribution in [-0.2, 0) is 21.5 Å². The van der Waals surface area contributed by atoms with Crippen molar-refractivity contribution in [2.24, 2.45) is 0 Å². The molecule has 3 N–H and O–H groups in total. The molecular weight excluding hydrogens is 344 g/mol. The lowest BCUT2D eigenvalue weighted by atomic mass is 9.74. The zero-order valence-electron chi connectivity index (χ0n) is 17.3. The van der Waals surface area contributed by atoms with Crippen LogP contribution in [0.2, 0.25) is 0 Å². The highest BCUT2D eigenvalue weighted by Crippen LogP contribution is 2.40. The predicted octanol–water partition coefficient (Wildman–Crippen LogP) is 1.72. The number of ether oxygens (including phenoxy) is 1. The molecule has 1 amide bonds. The second kappa shape index (κ2) is 7.18. The first-order valence-corrected chi connectivity index (χ1v) is 9.89. The van der Waals surface area contributed by atoms with E-state index in [-0.39, 0.29) is 23.5 Å². The number of nitrogens with one attached hydrogen (secondary N) is 2. The third kappa shape index (κ3) is 4.52. The normalized spacial score (nSPS) is 29.0. The standard InChI is InChI=1S/C20H34N4O3/c1-14(25)21-19(5)13-20(27-12-17(19)26)6-8-24(9-7-20)11-15-10-16(23-22-15)18(2,3)4/h10,17,26H,6-9,11-13H2,1-5H3,(H,21,25)(H,22,23)/t17-,19-/m0/s1. The molecule has 27 heavy (non-hydrogen) atoms. The Morgan fingerprint density at radius 2 is 2.11 bits per heavy atom. The summed E-state index contributed by atoms with van der Waals surface area (Å²) in [7, 11) is 0. The van der Waals surface area contributed by atoms with Crippen molar-refractivity contribution in [3.05, 3.63) is 17.5 Å². The SMILES string of the molecule is CC(=O)N[C@@]1(C)CC2(CCN(Cc3cc(C(C)(C)C)n[nH]3)CC2)OC[C@@H]1O. The maximum atomic E-state index is 11.6. The van der Waals surface area contributed by atoms with E-state index in [4.69, 9.17) is 4.74 Å². The van der Waals surface area contributed by atoms with Gasteiger partial charge < -0.3 is 15.2 Å². The van der Waals surface area contributed by atoms with Gasteiger partial charge in [-0.3, -0.25) is 14.8 Å². The molecule has 0 aromatic carbocycles. The molecule has 1 aromatic rings. The molecule has 152 valence electrons. The van der Waals surface area contributed by atoms with Gasteiger partial charge in [0.25, 0.3) is 0 Å². The molecule has 0 aliphatic carbocycles. The summed E-state index contributed by atoms with van der Waals surface area (Å²) in [6.07, 6.45) is 1.77. The second-order valence-electron chi connectivity index (χ2n) is 9.59. The highest BCUT2D eigenvalue weighted by Gasteiger charge is 2.49. The minimum atomic E-state index is -0.675. The Morgan fingerprint density at radius 3 is 2.67 bits per heavy atom. The molecule has 2 fully saturated rings. The molecule has 2 aliphatic heterocycles. The number of H-pyrrole nitrogens is 1. The third-order valence-corrected chi connectivity index (χ3v) is 5.99. The van der Waals surface area contributed by atoms with Crippen LogP contribution in [0.3, 0.4) is 0 Å². The van der Waals surface area contributed by atoms with Crippen molar-refractivity contribution >= 4 is 5.91 Å². The first-order valence-electron chi connectivity index (χ1n) is 9.89. The number of aromatic nitrogens is 2. The number of rotatable bonds is 3. The Labute approximate surface area is 161 Å². The summed E-state index contributed by atoms with van der Waals surface area (Å²) < 4.78 is 6.09. The van der Waals surface area contributed by atoms with E-state index in [9.17, 15) is 9.90 Å². The summed E-state index contributed by atoms with van der Waals surface area (Å²) in [5, 5.41) is 20.9. The van der Waals surface area contributed by atoms with E-state index >= 15 is 0 Å². The van der Waals surface area contributed by atoms with E-state index in [0.29, 0.717) is 6.42 Å². The molecule has 0 radical (unpaired) electrons. The Bertz CT molecular complexity index is 673. The predicted molar refractivity (Wildman–Crippen MR) is 103 cm³/mol. The van der Waals surface area contributed by atoms with Crippen LogP contribution in [0.4, 0.5) is 0 Å². The highest BCUT2D eigenvalue weighted by molar-refractivity contribution is 5.73. The molecule has 2 atom stereocenters. The van der Waals surface area contributed by atoms with Gasteiger partial charge in [-0.15, -0.1) is 0 Å². The van der Waals surface area contributed by atoms with E-state index in [1.54, 1.807) is 0 Å². The second-order valence-corrected chi connectivity index (χ2v) is 9.59. The van der Waals surface area contributed by atoms with Crippen molar-refractivity contribution in [3.63, 3.8) is 0 Å². The number of hydrogen-bond acceptors (Lipinski definition) is 5. The van der Waals surface area contributed by atoms with Gasteiger partial charge in [-0.2, -0.15) is 5.10 Å². The summed E-state index contributed by atoms with van der Waals surface area (Å²) >= 11 is 0. The molecule has 7 heteroatoms. The molecule has 7 nitrogen and oxygen atoms in total. The van der Waals surface area contributed by atoms with Crippen molar-refractivity contribution in [2.75, 3.05) is 19.7 Å². The van der Waals surface area contributed by atoms with Gasteiger partial charge >= 0.3 is 0 Å². The van der Waals surface area contributed by atoms with Crippen molar-refractivity contribution < 1.29 is 14.6 Å². The lowest BCUT2D eigenvalue weighted by molar-refractivity contribution is -0.181. The number of carbonyl (C=O) groups is 1. The van der Waals surface area contributed by atoms with Gasteiger partial charge in [-0.1, -0.05) is 20.8 Å². The van der Waals surface area contributed by atoms with Gasteiger partial charge in [0.15, 0.2) is 0 Å². The van der Waals surface area contributed by atoms with Gasteiger partial charge in [0, 0.05) is 44.1 Å². The highest BCUT2D eigenvalue weighted by atomic mass is 16.5. The van der Waals surface area contributed by atoms with E-state index in [1.165, 1.54) is 6.92 Å². The summed E-state index contributed by atoms with van der Waals surface area (Å²) in [6, 6.07) is 2.16. The molecule has 0 saturated carbocycles. The minimum Gasteiger partial charge on any atom is -0.388 e. The maximum absolute atomic E-state index is 11.6. The first-order chi connectivity index (χ1) is 12.5. The van der Waals surface area contributed by atoms with Crippen molar-refractivity contribution in [1.82, 2.24) is 20.4 Å². The number of amides is 1. The van der Waals surface area contributed by atoms with E-state index in [1.807, 2.05) is 6.92 Å². The van der Waals surface area contributed by atoms with Gasteiger partial charge in [0.05, 0.1) is 23.4 Å². The Balaban J connectivity index is 1.59. The molecule has 3 heterocycles. The molecule has 2 aliphatic rings. The Morgan fingerprint density at radius 1 is 1.44 bits per heavy atom. The van der Waals surface area contributed by atoms with Gasteiger partial charge in [0.2, 0.25) is 5.91 Å². The number of aliphatic hydroxyl groups is 1. The quantitative estimate of drug-likeness (QED) is 0.745. The zero-order valence-corrected chi connectivity index (χ0v) is 17.3. The molecule has 0 unspecified atom stereocenters. The van der Waals surface area contributed by atoms with Crippen LogP contribution in [0.15, 0.2) is 6.07 Å². The summed E-state index contributed by atoms with van der Waals surface area (Å²) in [6.45, 7) is 12.9. The number of likely N-dealkylation sites (tertiary alicyclic amines) is 1. The number of piperidine rings is 1. The topological polar surface area (TPSA) is 90.5 Å². The molecule has 1 spiro atoms. The summed E-state index contributed by atoms with van der Waals surface area (Å²) in [4.78, 5) is 14.0. The number of carbonyl (C=O) groups excluding carboxylic acids is 1. The van der Waals surface area contributed by atoms with Crippen molar-refractivity contribution in [2.45, 2.75) is 83.1 Å².